The van der Waals surface area contributed by atoms with Gasteiger partial charge in [0, 0.05) is 18.1 Å². The lowest BCUT2D eigenvalue weighted by Crippen LogP contribution is -2.16. The Morgan fingerprint density at radius 3 is 2.52 bits per heavy atom. The molecule has 0 fully saturated rings. The number of nitrogens with zero attached hydrogens (tertiary/aromatic N) is 2. The fourth-order valence-corrected chi connectivity index (χ4v) is 2.98. The van der Waals surface area contributed by atoms with E-state index in [1.54, 1.807) is 11.3 Å². The number of ether oxygens (including phenoxy) is 1. The van der Waals surface area contributed by atoms with E-state index in [0.717, 1.165) is 23.0 Å². The van der Waals surface area contributed by atoms with Gasteiger partial charge in [0.25, 0.3) is 0 Å². The van der Waals surface area contributed by atoms with Gasteiger partial charge in [-0.15, -0.1) is 11.3 Å². The Balaban J connectivity index is 1.56. The molecular formula is C19H20N2OS. The Morgan fingerprint density at radius 2 is 1.78 bits per heavy atom. The molecule has 1 aromatic heterocycles. The predicted octanol–water partition coefficient (Wildman–Crippen LogP) is 4.67. The first kappa shape index (κ1) is 15.6. The van der Waals surface area contributed by atoms with Crippen LogP contribution in [0.25, 0.3) is 0 Å². The van der Waals surface area contributed by atoms with Crippen LogP contribution in [-0.4, -0.2) is 12.0 Å². The van der Waals surface area contributed by atoms with Crippen LogP contribution in [0.3, 0.4) is 0 Å². The molecule has 3 aromatic rings. The zero-order chi connectivity index (χ0) is 16.1. The van der Waals surface area contributed by atoms with Crippen LogP contribution in [0, 0.1) is 6.92 Å². The molecule has 0 N–H and O–H groups in total. The second-order valence-corrected chi connectivity index (χ2v) is 6.47. The molecule has 0 aliphatic heterocycles. The first-order valence-corrected chi connectivity index (χ1v) is 8.47. The van der Waals surface area contributed by atoms with E-state index >= 15 is 0 Å². The molecule has 0 saturated carbocycles. The number of aromatic nitrogens is 1. The summed E-state index contributed by atoms with van der Waals surface area (Å²) in [6.07, 6.45) is 0. The maximum atomic E-state index is 5.78. The summed E-state index contributed by atoms with van der Waals surface area (Å²) >= 11 is 1.65. The fraction of sp³-hybridized carbons (Fsp3) is 0.211. The van der Waals surface area contributed by atoms with E-state index < -0.39 is 0 Å². The molecule has 0 unspecified atom stereocenters. The summed E-state index contributed by atoms with van der Waals surface area (Å²) in [5.74, 6) is 0.883. The van der Waals surface area contributed by atoms with Gasteiger partial charge in [-0.3, -0.25) is 0 Å². The van der Waals surface area contributed by atoms with Gasteiger partial charge in [0.15, 0.2) is 0 Å². The minimum absolute atomic E-state index is 0.517. The second-order valence-electron chi connectivity index (χ2n) is 5.53. The standard InChI is InChI=1S/C19H20N2OS/c1-15-8-10-18(11-9-15)22-13-19-20-16(14-23-19)12-21(2)17-6-4-3-5-7-17/h3-11,14H,12-13H2,1-2H3. The molecule has 0 aliphatic carbocycles. The largest absolute Gasteiger partial charge is 0.486 e. The van der Waals surface area contributed by atoms with Gasteiger partial charge >= 0.3 is 0 Å². The van der Waals surface area contributed by atoms with Crippen molar-refractivity contribution in [3.63, 3.8) is 0 Å². The summed E-state index contributed by atoms with van der Waals surface area (Å²) in [5.41, 5.74) is 3.50. The van der Waals surface area contributed by atoms with Gasteiger partial charge in [-0.05, 0) is 31.2 Å². The Bertz CT molecular complexity index is 738. The predicted molar refractivity (Wildman–Crippen MR) is 96.2 cm³/mol. The van der Waals surface area contributed by atoms with Crippen LogP contribution < -0.4 is 9.64 Å². The third kappa shape index (κ3) is 4.33. The first-order chi connectivity index (χ1) is 11.2. The number of aryl methyl sites for hydroxylation is 1. The van der Waals surface area contributed by atoms with Gasteiger partial charge < -0.3 is 9.64 Å². The van der Waals surface area contributed by atoms with Gasteiger partial charge in [-0.2, -0.15) is 0 Å². The lowest BCUT2D eigenvalue weighted by Gasteiger charge is -2.17. The number of anilines is 1. The Labute approximate surface area is 141 Å². The number of thiazole rings is 1. The summed E-state index contributed by atoms with van der Waals surface area (Å²) in [7, 11) is 2.08. The third-order valence-corrected chi connectivity index (χ3v) is 4.45. The molecular weight excluding hydrogens is 304 g/mol. The molecule has 0 radical (unpaired) electrons. The SMILES string of the molecule is Cc1ccc(OCc2nc(CN(C)c3ccccc3)cs2)cc1. The fourth-order valence-electron chi connectivity index (χ4n) is 2.28. The van der Waals surface area contributed by atoms with Crippen LogP contribution in [0.15, 0.2) is 60.0 Å². The molecule has 0 aliphatic rings. The molecule has 0 spiro atoms. The highest BCUT2D eigenvalue weighted by Crippen LogP contribution is 2.18. The van der Waals surface area contributed by atoms with E-state index in [4.69, 9.17) is 4.74 Å². The van der Waals surface area contributed by atoms with E-state index in [9.17, 15) is 0 Å². The van der Waals surface area contributed by atoms with Crippen LogP contribution in [0.5, 0.6) is 5.75 Å². The highest BCUT2D eigenvalue weighted by atomic mass is 32.1. The highest BCUT2D eigenvalue weighted by molar-refractivity contribution is 7.09. The van der Waals surface area contributed by atoms with Crippen molar-refractivity contribution < 1.29 is 4.74 Å². The van der Waals surface area contributed by atoms with Crippen molar-refractivity contribution in [3.8, 4) is 5.75 Å². The average Bonchev–Trinajstić information content (AvgIpc) is 3.02. The van der Waals surface area contributed by atoms with Crippen molar-refractivity contribution in [3.05, 3.63) is 76.2 Å². The van der Waals surface area contributed by atoms with Gasteiger partial charge in [-0.1, -0.05) is 35.9 Å². The molecule has 0 atom stereocenters. The monoisotopic (exact) mass is 324 g/mol. The van der Waals surface area contributed by atoms with Crippen molar-refractivity contribution in [2.24, 2.45) is 0 Å². The van der Waals surface area contributed by atoms with Crippen molar-refractivity contribution >= 4 is 17.0 Å². The van der Waals surface area contributed by atoms with Crippen molar-refractivity contribution in [2.75, 3.05) is 11.9 Å². The molecule has 0 amide bonds. The number of benzene rings is 2. The van der Waals surface area contributed by atoms with E-state index in [1.807, 2.05) is 30.3 Å². The molecule has 0 saturated heterocycles. The van der Waals surface area contributed by atoms with Crippen molar-refractivity contribution in [1.82, 2.24) is 4.98 Å². The maximum Gasteiger partial charge on any atom is 0.140 e. The Hall–Kier alpha value is -2.33. The van der Waals surface area contributed by atoms with Gasteiger partial charge in [0.1, 0.15) is 17.4 Å². The Kier molecular flexibility index (Phi) is 4.93. The number of hydrogen-bond acceptors (Lipinski definition) is 4. The lowest BCUT2D eigenvalue weighted by atomic mass is 10.2. The van der Waals surface area contributed by atoms with Crippen LogP contribution in [-0.2, 0) is 13.2 Å². The van der Waals surface area contributed by atoms with Crippen LogP contribution in [0.1, 0.15) is 16.3 Å². The number of rotatable bonds is 6. The van der Waals surface area contributed by atoms with E-state index in [0.29, 0.717) is 6.61 Å². The van der Waals surface area contributed by atoms with Gasteiger partial charge in [0.05, 0.1) is 12.2 Å². The normalized spacial score (nSPS) is 10.5. The second kappa shape index (κ2) is 7.29. The molecule has 4 heteroatoms. The first-order valence-electron chi connectivity index (χ1n) is 7.59. The third-order valence-electron chi connectivity index (χ3n) is 3.58. The van der Waals surface area contributed by atoms with Crippen LogP contribution in [0.4, 0.5) is 5.69 Å². The summed E-state index contributed by atoms with van der Waals surface area (Å²) in [4.78, 5) is 6.85. The zero-order valence-corrected chi connectivity index (χ0v) is 14.2. The molecule has 1 heterocycles. The van der Waals surface area contributed by atoms with Crippen molar-refractivity contribution in [2.45, 2.75) is 20.1 Å². The molecule has 2 aromatic carbocycles. The molecule has 3 nitrogen and oxygen atoms in total. The van der Waals surface area contributed by atoms with Gasteiger partial charge in [-0.25, -0.2) is 4.98 Å². The number of para-hydroxylation sites is 1. The minimum Gasteiger partial charge on any atom is -0.486 e. The Morgan fingerprint density at radius 1 is 1.04 bits per heavy atom. The summed E-state index contributed by atoms with van der Waals surface area (Å²) < 4.78 is 5.78. The average molecular weight is 324 g/mol. The van der Waals surface area contributed by atoms with Crippen LogP contribution in [0.2, 0.25) is 0 Å². The van der Waals surface area contributed by atoms with Gasteiger partial charge in [0.2, 0.25) is 0 Å². The summed E-state index contributed by atoms with van der Waals surface area (Å²) in [5, 5.41) is 3.11. The van der Waals surface area contributed by atoms with E-state index in [1.165, 1.54) is 11.3 Å². The topological polar surface area (TPSA) is 25.4 Å². The van der Waals surface area contributed by atoms with E-state index in [-0.39, 0.29) is 0 Å². The van der Waals surface area contributed by atoms with Crippen LogP contribution >= 0.6 is 11.3 Å². The maximum absolute atomic E-state index is 5.78. The van der Waals surface area contributed by atoms with Crippen molar-refractivity contribution in [1.29, 1.82) is 0 Å². The van der Waals surface area contributed by atoms with E-state index in [2.05, 4.69) is 53.5 Å². The molecule has 118 valence electrons. The minimum atomic E-state index is 0.517. The lowest BCUT2D eigenvalue weighted by molar-refractivity contribution is 0.305. The highest BCUT2D eigenvalue weighted by Gasteiger charge is 2.07. The smallest absolute Gasteiger partial charge is 0.140 e. The quantitative estimate of drug-likeness (QED) is 0.659. The summed E-state index contributed by atoms with van der Waals surface area (Å²) in [6.45, 7) is 3.38. The molecule has 23 heavy (non-hydrogen) atoms. The molecule has 3 rings (SSSR count). The zero-order valence-electron chi connectivity index (χ0n) is 13.4. The number of hydrogen-bond donors (Lipinski definition) is 0. The summed E-state index contributed by atoms with van der Waals surface area (Å²) in [6, 6.07) is 18.4. The molecule has 0 bridgehead atoms.